The van der Waals surface area contributed by atoms with E-state index in [1.165, 1.54) is 6.33 Å². The minimum atomic E-state index is -0.345. The second kappa shape index (κ2) is 5.22. The van der Waals surface area contributed by atoms with Crippen molar-refractivity contribution >= 4 is 29.0 Å². The Morgan fingerprint density at radius 3 is 3.07 bits per heavy atom. The average molecular weight is 236 g/mol. The second-order valence-electron chi connectivity index (χ2n) is 3.03. The molecule has 1 aromatic heterocycles. The lowest BCUT2D eigenvalue weighted by Crippen LogP contribution is -2.16. The molecular weight excluding hydrogens is 225 g/mol. The van der Waals surface area contributed by atoms with E-state index in [1.807, 2.05) is 6.92 Å². The number of aromatic amines is 1. The van der Waals surface area contributed by atoms with Crippen molar-refractivity contribution in [1.29, 1.82) is 0 Å². The van der Waals surface area contributed by atoms with Gasteiger partial charge in [0, 0.05) is 12.4 Å². The van der Waals surface area contributed by atoms with Gasteiger partial charge in [0.05, 0.1) is 6.33 Å². The van der Waals surface area contributed by atoms with Crippen LogP contribution in [0.4, 0.5) is 5.82 Å². The van der Waals surface area contributed by atoms with Crippen LogP contribution in [0.15, 0.2) is 11.1 Å². The van der Waals surface area contributed by atoms with Crippen LogP contribution in [0.2, 0.25) is 5.02 Å². The van der Waals surface area contributed by atoms with Crippen molar-refractivity contribution in [3.8, 4) is 0 Å². The van der Waals surface area contributed by atoms with Crippen molar-refractivity contribution in [3.63, 3.8) is 0 Å². The van der Waals surface area contributed by atoms with Gasteiger partial charge in [-0.15, -0.1) is 11.6 Å². The van der Waals surface area contributed by atoms with Crippen molar-refractivity contribution in [2.24, 2.45) is 5.92 Å². The number of anilines is 1. The van der Waals surface area contributed by atoms with Gasteiger partial charge in [0.2, 0.25) is 0 Å². The number of aromatic nitrogens is 2. The highest BCUT2D eigenvalue weighted by Crippen LogP contribution is 2.12. The molecule has 78 valence electrons. The minimum absolute atomic E-state index is 0.0780. The number of hydrogen-bond donors (Lipinski definition) is 2. The van der Waals surface area contributed by atoms with Gasteiger partial charge in [0.15, 0.2) is 5.82 Å². The Morgan fingerprint density at radius 1 is 1.71 bits per heavy atom. The summed E-state index contributed by atoms with van der Waals surface area (Å²) < 4.78 is 0. The molecule has 1 heterocycles. The van der Waals surface area contributed by atoms with E-state index in [9.17, 15) is 4.79 Å². The van der Waals surface area contributed by atoms with E-state index in [2.05, 4.69) is 15.3 Å². The first-order chi connectivity index (χ1) is 6.65. The summed E-state index contributed by atoms with van der Waals surface area (Å²) in [5.74, 6) is 1.24. The maximum Gasteiger partial charge on any atom is 0.271 e. The molecule has 14 heavy (non-hydrogen) atoms. The summed E-state index contributed by atoms with van der Waals surface area (Å²) in [4.78, 5) is 17.3. The quantitative estimate of drug-likeness (QED) is 0.782. The van der Waals surface area contributed by atoms with E-state index in [0.29, 0.717) is 24.2 Å². The summed E-state index contributed by atoms with van der Waals surface area (Å²) >= 11 is 11.3. The van der Waals surface area contributed by atoms with Crippen LogP contribution in [-0.4, -0.2) is 22.4 Å². The zero-order valence-electron chi connectivity index (χ0n) is 7.68. The maximum absolute atomic E-state index is 11.1. The molecule has 0 aliphatic rings. The number of rotatable bonds is 4. The van der Waals surface area contributed by atoms with E-state index >= 15 is 0 Å². The van der Waals surface area contributed by atoms with Crippen molar-refractivity contribution in [2.75, 3.05) is 17.7 Å². The molecule has 0 aliphatic heterocycles. The molecule has 0 aliphatic carbocycles. The summed E-state index contributed by atoms with van der Waals surface area (Å²) in [6.45, 7) is 2.63. The van der Waals surface area contributed by atoms with E-state index in [-0.39, 0.29) is 10.6 Å². The molecule has 2 N–H and O–H groups in total. The summed E-state index contributed by atoms with van der Waals surface area (Å²) in [5, 5.41) is 3.03. The normalized spacial score (nSPS) is 12.5. The molecule has 0 fully saturated rings. The van der Waals surface area contributed by atoms with Crippen LogP contribution in [0.25, 0.3) is 0 Å². The molecule has 0 radical (unpaired) electrons. The topological polar surface area (TPSA) is 57.8 Å². The lowest BCUT2D eigenvalue weighted by atomic mass is 10.2. The summed E-state index contributed by atoms with van der Waals surface area (Å²) in [5.41, 5.74) is -0.345. The lowest BCUT2D eigenvalue weighted by Gasteiger charge is -2.09. The Kier molecular flexibility index (Phi) is 4.22. The predicted octanol–water partition coefficient (Wildman–Crippen LogP) is 1.71. The fraction of sp³-hybridized carbons (Fsp3) is 0.500. The van der Waals surface area contributed by atoms with Crippen molar-refractivity contribution in [1.82, 2.24) is 9.97 Å². The predicted molar refractivity (Wildman–Crippen MR) is 58.2 cm³/mol. The molecule has 0 bridgehead atoms. The first-order valence-corrected chi connectivity index (χ1v) is 5.09. The van der Waals surface area contributed by atoms with Crippen molar-refractivity contribution < 1.29 is 0 Å². The van der Waals surface area contributed by atoms with Gasteiger partial charge in [-0.05, 0) is 5.92 Å². The van der Waals surface area contributed by atoms with Gasteiger partial charge in [-0.3, -0.25) is 4.79 Å². The lowest BCUT2D eigenvalue weighted by molar-refractivity contribution is 0.694. The largest absolute Gasteiger partial charge is 0.368 e. The highest BCUT2D eigenvalue weighted by molar-refractivity contribution is 6.32. The molecule has 4 nitrogen and oxygen atoms in total. The Balaban J connectivity index is 2.68. The van der Waals surface area contributed by atoms with Gasteiger partial charge in [0.1, 0.15) is 5.02 Å². The van der Waals surface area contributed by atoms with Gasteiger partial charge in [-0.25, -0.2) is 4.98 Å². The van der Waals surface area contributed by atoms with Gasteiger partial charge in [0.25, 0.3) is 5.56 Å². The molecule has 0 aromatic carbocycles. The van der Waals surface area contributed by atoms with Gasteiger partial charge < -0.3 is 10.3 Å². The van der Waals surface area contributed by atoms with E-state index in [4.69, 9.17) is 23.2 Å². The molecule has 1 unspecified atom stereocenters. The van der Waals surface area contributed by atoms with E-state index < -0.39 is 0 Å². The minimum Gasteiger partial charge on any atom is -0.368 e. The molecular formula is C8H11Cl2N3O. The first-order valence-electron chi connectivity index (χ1n) is 4.18. The Morgan fingerprint density at radius 2 is 2.43 bits per heavy atom. The molecule has 6 heteroatoms. The molecule has 1 atom stereocenters. The zero-order chi connectivity index (χ0) is 10.6. The van der Waals surface area contributed by atoms with Crippen LogP contribution in [0.5, 0.6) is 0 Å². The maximum atomic E-state index is 11.1. The molecule has 1 aromatic rings. The number of H-pyrrole nitrogens is 1. The molecule has 0 amide bonds. The third kappa shape index (κ3) is 2.89. The zero-order valence-corrected chi connectivity index (χ0v) is 9.19. The number of nitrogens with one attached hydrogen (secondary N) is 2. The average Bonchev–Trinajstić information content (AvgIpc) is 2.20. The third-order valence-corrected chi connectivity index (χ3v) is 2.56. The second-order valence-corrected chi connectivity index (χ2v) is 3.72. The molecule has 1 rings (SSSR count). The molecule has 0 spiro atoms. The Bertz CT molecular complexity index is 353. The van der Waals surface area contributed by atoms with Crippen molar-refractivity contribution in [2.45, 2.75) is 6.92 Å². The fourth-order valence-electron chi connectivity index (χ4n) is 0.832. The van der Waals surface area contributed by atoms with E-state index in [1.54, 1.807) is 0 Å². The standard InChI is InChI=1S/C8H11Cl2N3O/c1-5(2-9)3-11-7-6(10)8(14)13-4-12-7/h4-5H,2-3H2,1H3,(H2,11,12,13,14). The summed E-state index contributed by atoms with van der Waals surface area (Å²) in [7, 11) is 0. The van der Waals surface area contributed by atoms with Crippen LogP contribution in [-0.2, 0) is 0 Å². The van der Waals surface area contributed by atoms with Crippen LogP contribution in [0.3, 0.4) is 0 Å². The van der Waals surface area contributed by atoms with Crippen LogP contribution in [0.1, 0.15) is 6.92 Å². The SMILES string of the molecule is CC(CCl)CNc1nc[nH]c(=O)c1Cl. The van der Waals surface area contributed by atoms with Gasteiger partial charge in [-0.1, -0.05) is 18.5 Å². The highest BCUT2D eigenvalue weighted by Gasteiger charge is 2.06. The summed E-state index contributed by atoms with van der Waals surface area (Å²) in [6.07, 6.45) is 1.31. The fourth-order valence-corrected chi connectivity index (χ4v) is 1.11. The number of hydrogen-bond acceptors (Lipinski definition) is 3. The van der Waals surface area contributed by atoms with Crippen LogP contribution >= 0.6 is 23.2 Å². The van der Waals surface area contributed by atoms with Gasteiger partial charge >= 0.3 is 0 Å². The monoisotopic (exact) mass is 235 g/mol. The van der Waals surface area contributed by atoms with Gasteiger partial charge in [-0.2, -0.15) is 0 Å². The van der Waals surface area contributed by atoms with Crippen LogP contribution < -0.4 is 10.9 Å². The highest BCUT2D eigenvalue weighted by atomic mass is 35.5. The summed E-state index contributed by atoms with van der Waals surface area (Å²) in [6, 6.07) is 0. The molecule has 0 saturated carbocycles. The molecule has 0 saturated heterocycles. The van der Waals surface area contributed by atoms with Crippen LogP contribution in [0, 0.1) is 5.92 Å². The van der Waals surface area contributed by atoms with Crippen molar-refractivity contribution in [3.05, 3.63) is 21.7 Å². The number of halogens is 2. The smallest absolute Gasteiger partial charge is 0.271 e. The Hall–Kier alpha value is -0.740. The first kappa shape index (κ1) is 11.3. The Labute approximate surface area is 91.6 Å². The number of nitrogens with zero attached hydrogens (tertiary/aromatic N) is 1. The number of alkyl halides is 1. The third-order valence-electron chi connectivity index (χ3n) is 1.68. The van der Waals surface area contributed by atoms with E-state index in [0.717, 1.165) is 0 Å².